The quantitative estimate of drug-likeness (QED) is 0.796. The van der Waals surface area contributed by atoms with Gasteiger partial charge in [0.2, 0.25) is 0 Å². The topological polar surface area (TPSA) is 39.6 Å². The number of nitrogens with one attached hydrogen (secondary N) is 1. The van der Waals surface area contributed by atoms with Crippen molar-refractivity contribution in [3.63, 3.8) is 0 Å². The van der Waals surface area contributed by atoms with Gasteiger partial charge in [0.25, 0.3) is 0 Å². The van der Waals surface area contributed by atoms with Gasteiger partial charge in [-0.25, -0.2) is 0 Å². The van der Waals surface area contributed by atoms with E-state index in [1.807, 2.05) is 0 Å². The number of nitriles is 1. The molecule has 2 rings (SSSR count). The second-order valence-electron chi connectivity index (χ2n) is 5.63. The van der Waals surface area contributed by atoms with Crippen molar-refractivity contribution in [1.82, 2.24) is 4.98 Å². The van der Waals surface area contributed by atoms with E-state index in [1.165, 1.54) is 23.4 Å². The summed E-state index contributed by atoms with van der Waals surface area (Å²) in [6.07, 6.45) is 4.44. The molecule has 1 aromatic heterocycles. The fraction of sp³-hybridized carbons (Fsp3) is 0.562. The summed E-state index contributed by atoms with van der Waals surface area (Å²) in [6, 6.07) is 6.67. The van der Waals surface area contributed by atoms with E-state index in [2.05, 4.69) is 43.6 Å². The molecule has 1 heterocycles. The predicted molar refractivity (Wildman–Crippen MR) is 74.0 cm³/mol. The van der Waals surface area contributed by atoms with Gasteiger partial charge in [0, 0.05) is 11.4 Å². The molecule has 96 valence electrons. The van der Waals surface area contributed by atoms with Gasteiger partial charge in [0.1, 0.15) is 0 Å². The Bertz CT molecular complexity index is 464. The van der Waals surface area contributed by atoms with E-state index in [1.54, 1.807) is 0 Å². The van der Waals surface area contributed by atoms with Gasteiger partial charge in [0.05, 0.1) is 12.0 Å². The van der Waals surface area contributed by atoms with Crippen molar-refractivity contribution in [1.29, 1.82) is 5.26 Å². The number of aromatic nitrogens is 1. The number of hydrogen-bond donors (Lipinski definition) is 1. The Hall–Kier alpha value is -1.49. The lowest BCUT2D eigenvalue weighted by Gasteiger charge is -2.16. The van der Waals surface area contributed by atoms with Crippen LogP contribution < -0.4 is 0 Å². The Kier molecular flexibility index (Phi) is 3.91. The molecule has 0 amide bonds. The molecule has 0 aliphatic heterocycles. The Morgan fingerprint density at radius 3 is 2.83 bits per heavy atom. The van der Waals surface area contributed by atoms with Crippen molar-refractivity contribution >= 4 is 0 Å². The zero-order chi connectivity index (χ0) is 13.1. The van der Waals surface area contributed by atoms with Crippen LogP contribution in [-0.4, -0.2) is 4.98 Å². The van der Waals surface area contributed by atoms with Crippen LogP contribution in [0.5, 0.6) is 0 Å². The van der Waals surface area contributed by atoms with Gasteiger partial charge in [-0.3, -0.25) is 0 Å². The molecule has 0 saturated heterocycles. The van der Waals surface area contributed by atoms with Gasteiger partial charge >= 0.3 is 0 Å². The molecule has 18 heavy (non-hydrogen) atoms. The van der Waals surface area contributed by atoms with Crippen molar-refractivity contribution in [2.75, 3.05) is 0 Å². The second-order valence-corrected chi connectivity index (χ2v) is 5.63. The van der Waals surface area contributed by atoms with Gasteiger partial charge in [-0.1, -0.05) is 19.1 Å². The minimum absolute atomic E-state index is 0.0951. The van der Waals surface area contributed by atoms with Crippen LogP contribution in [0.2, 0.25) is 0 Å². The molecule has 1 N–H and O–H groups in total. The summed E-state index contributed by atoms with van der Waals surface area (Å²) in [5, 5.41) is 9.06. The Balaban J connectivity index is 1.84. The number of H-pyrrole nitrogens is 1. The van der Waals surface area contributed by atoms with Gasteiger partial charge in [-0.15, -0.1) is 0 Å². The van der Waals surface area contributed by atoms with E-state index in [-0.39, 0.29) is 5.92 Å². The first-order valence-electron chi connectivity index (χ1n) is 6.84. The van der Waals surface area contributed by atoms with Crippen molar-refractivity contribution in [2.45, 2.75) is 39.5 Å². The standard InChI is InChI=1S/C16H22N2/c1-11-9-14(10-17)13(3)16(11)6-4-5-15-8-7-12(2)18-15/h7-8,11,14,16,18H,3-6,9H2,1-2H3. The first-order valence-corrected chi connectivity index (χ1v) is 6.84. The summed E-state index contributed by atoms with van der Waals surface area (Å²) in [4.78, 5) is 3.37. The smallest absolute Gasteiger partial charge is 0.0700 e. The van der Waals surface area contributed by atoms with Crippen LogP contribution in [0.3, 0.4) is 0 Å². The third kappa shape index (κ3) is 2.67. The highest BCUT2D eigenvalue weighted by atomic mass is 14.7. The highest BCUT2D eigenvalue weighted by Gasteiger charge is 2.34. The van der Waals surface area contributed by atoms with E-state index in [4.69, 9.17) is 5.26 Å². The van der Waals surface area contributed by atoms with Gasteiger partial charge < -0.3 is 4.98 Å². The molecule has 1 fully saturated rings. The molecule has 0 aromatic carbocycles. The number of rotatable bonds is 4. The fourth-order valence-corrected chi connectivity index (χ4v) is 3.14. The molecule has 1 aliphatic carbocycles. The molecule has 0 spiro atoms. The van der Waals surface area contributed by atoms with Crippen LogP contribution in [0.4, 0.5) is 0 Å². The minimum atomic E-state index is 0.0951. The first-order chi connectivity index (χ1) is 8.61. The molecule has 1 saturated carbocycles. The van der Waals surface area contributed by atoms with Crippen LogP contribution in [0.25, 0.3) is 0 Å². The van der Waals surface area contributed by atoms with Crippen molar-refractivity contribution in [3.8, 4) is 6.07 Å². The summed E-state index contributed by atoms with van der Waals surface area (Å²) < 4.78 is 0. The lowest BCUT2D eigenvalue weighted by atomic mass is 9.89. The average molecular weight is 242 g/mol. The zero-order valence-electron chi connectivity index (χ0n) is 11.4. The molecule has 2 heteroatoms. The van der Waals surface area contributed by atoms with Gasteiger partial charge in [0.15, 0.2) is 0 Å². The summed E-state index contributed by atoms with van der Waals surface area (Å²) in [6.45, 7) is 8.48. The third-order valence-corrected chi connectivity index (χ3v) is 4.23. The van der Waals surface area contributed by atoms with Crippen LogP contribution >= 0.6 is 0 Å². The van der Waals surface area contributed by atoms with Crippen molar-refractivity contribution in [2.24, 2.45) is 17.8 Å². The lowest BCUT2D eigenvalue weighted by Crippen LogP contribution is -2.06. The number of aromatic amines is 1. The van der Waals surface area contributed by atoms with E-state index < -0.39 is 0 Å². The highest BCUT2D eigenvalue weighted by molar-refractivity contribution is 5.20. The summed E-state index contributed by atoms with van der Waals surface area (Å²) in [5.74, 6) is 1.26. The minimum Gasteiger partial charge on any atom is -0.363 e. The van der Waals surface area contributed by atoms with Gasteiger partial charge in [-0.05, 0) is 56.6 Å². The third-order valence-electron chi connectivity index (χ3n) is 4.23. The fourth-order valence-electron chi connectivity index (χ4n) is 3.14. The normalized spacial score (nSPS) is 27.4. The van der Waals surface area contributed by atoms with E-state index in [0.29, 0.717) is 11.8 Å². The van der Waals surface area contributed by atoms with Crippen LogP contribution in [0, 0.1) is 36.0 Å². The van der Waals surface area contributed by atoms with Crippen molar-refractivity contribution < 1.29 is 0 Å². The van der Waals surface area contributed by atoms with E-state index in [9.17, 15) is 0 Å². The molecule has 0 radical (unpaired) electrons. The summed E-state index contributed by atoms with van der Waals surface area (Å²) in [7, 11) is 0. The monoisotopic (exact) mass is 242 g/mol. The van der Waals surface area contributed by atoms with E-state index in [0.717, 1.165) is 19.3 Å². The van der Waals surface area contributed by atoms with Gasteiger partial charge in [-0.2, -0.15) is 5.26 Å². The molecule has 0 bridgehead atoms. The maximum atomic E-state index is 9.06. The number of aryl methyl sites for hydroxylation is 2. The maximum absolute atomic E-state index is 9.06. The number of allylic oxidation sites excluding steroid dienone is 1. The van der Waals surface area contributed by atoms with Crippen LogP contribution in [0.1, 0.15) is 37.6 Å². The van der Waals surface area contributed by atoms with Crippen molar-refractivity contribution in [3.05, 3.63) is 35.7 Å². The lowest BCUT2D eigenvalue weighted by molar-refractivity contribution is 0.419. The Morgan fingerprint density at radius 1 is 1.50 bits per heavy atom. The molecule has 1 aliphatic rings. The zero-order valence-corrected chi connectivity index (χ0v) is 11.4. The summed E-state index contributed by atoms with van der Waals surface area (Å²) >= 11 is 0. The van der Waals surface area contributed by atoms with Crippen LogP contribution in [0.15, 0.2) is 24.3 Å². The molecule has 3 atom stereocenters. The summed E-state index contributed by atoms with van der Waals surface area (Å²) in [5.41, 5.74) is 3.72. The molecular formula is C16H22N2. The SMILES string of the molecule is C=C1C(C#N)CC(C)C1CCCc1ccc(C)[nH]1. The maximum Gasteiger partial charge on any atom is 0.0700 e. The molecular weight excluding hydrogens is 220 g/mol. The Labute approximate surface area is 110 Å². The molecule has 3 unspecified atom stereocenters. The first kappa shape index (κ1) is 13.0. The number of nitrogens with zero attached hydrogens (tertiary/aromatic N) is 1. The second kappa shape index (κ2) is 5.44. The molecule has 1 aromatic rings. The predicted octanol–water partition coefficient (Wildman–Crippen LogP) is 4.00. The average Bonchev–Trinajstić information content (AvgIpc) is 2.86. The largest absolute Gasteiger partial charge is 0.363 e. The Morgan fingerprint density at radius 2 is 2.28 bits per heavy atom. The van der Waals surface area contributed by atoms with Crippen LogP contribution in [-0.2, 0) is 6.42 Å². The number of hydrogen-bond acceptors (Lipinski definition) is 1. The molecule has 2 nitrogen and oxygen atoms in total. The van der Waals surface area contributed by atoms with E-state index >= 15 is 0 Å². The highest BCUT2D eigenvalue weighted by Crippen LogP contribution is 2.42.